The van der Waals surface area contributed by atoms with Gasteiger partial charge in [-0.3, -0.25) is 9.10 Å². The van der Waals surface area contributed by atoms with Gasteiger partial charge in [-0.1, -0.05) is 35.9 Å². The van der Waals surface area contributed by atoms with Gasteiger partial charge in [0.2, 0.25) is 0 Å². The molecule has 1 amide bonds. The molecule has 34 heavy (non-hydrogen) atoms. The lowest BCUT2D eigenvalue weighted by atomic mass is 10.1. The van der Waals surface area contributed by atoms with Crippen molar-refractivity contribution in [2.75, 3.05) is 16.2 Å². The topological polar surface area (TPSA) is 110 Å². The number of sulfonamides is 1. The van der Waals surface area contributed by atoms with Crippen molar-refractivity contribution in [3.8, 4) is 5.69 Å². The molecule has 1 N–H and O–H groups in total. The molecule has 1 heterocycles. The maximum atomic E-state index is 13.4. The van der Waals surface area contributed by atoms with Gasteiger partial charge in [-0.15, -0.1) is 5.10 Å². The lowest BCUT2D eigenvalue weighted by molar-refractivity contribution is 0.102. The molecule has 0 spiro atoms. The van der Waals surface area contributed by atoms with Crippen LogP contribution in [0.1, 0.15) is 22.8 Å². The second-order valence-electron chi connectivity index (χ2n) is 7.36. The Morgan fingerprint density at radius 2 is 1.85 bits per heavy atom. The lowest BCUT2D eigenvalue weighted by Gasteiger charge is -2.23. The summed E-state index contributed by atoms with van der Waals surface area (Å²) in [5.41, 5.74) is 2.63. The van der Waals surface area contributed by atoms with E-state index < -0.39 is 15.9 Å². The number of tetrazole rings is 1. The first-order valence-electron chi connectivity index (χ1n) is 10.3. The number of carbonyl (C=O) groups is 1. The monoisotopic (exact) mass is 496 g/mol. The van der Waals surface area contributed by atoms with E-state index in [-0.39, 0.29) is 22.0 Å². The van der Waals surface area contributed by atoms with Crippen LogP contribution in [0.2, 0.25) is 5.02 Å². The predicted molar refractivity (Wildman–Crippen MR) is 130 cm³/mol. The average Bonchev–Trinajstić information content (AvgIpc) is 3.36. The summed E-state index contributed by atoms with van der Waals surface area (Å²) in [6, 6.07) is 18.1. The molecule has 0 unspecified atom stereocenters. The maximum Gasteiger partial charge on any atom is 0.264 e. The molecular formula is C23H21ClN6O3S. The van der Waals surface area contributed by atoms with Crippen LogP contribution in [0.3, 0.4) is 0 Å². The highest BCUT2D eigenvalue weighted by Gasteiger charge is 2.25. The van der Waals surface area contributed by atoms with Crippen molar-refractivity contribution in [3.05, 3.63) is 89.2 Å². The van der Waals surface area contributed by atoms with Crippen LogP contribution in [0, 0.1) is 6.92 Å². The minimum absolute atomic E-state index is 0.0361. The summed E-state index contributed by atoms with van der Waals surface area (Å²) >= 11 is 6.28. The number of aryl methyl sites for hydroxylation is 1. The fourth-order valence-electron chi connectivity index (χ4n) is 3.46. The van der Waals surface area contributed by atoms with Gasteiger partial charge >= 0.3 is 0 Å². The van der Waals surface area contributed by atoms with Crippen LogP contribution in [0.4, 0.5) is 11.4 Å². The van der Waals surface area contributed by atoms with E-state index in [1.807, 2.05) is 19.1 Å². The molecule has 4 rings (SSSR count). The van der Waals surface area contributed by atoms with Gasteiger partial charge < -0.3 is 5.32 Å². The standard InChI is InChI=1S/C23H21ClN6O3S/c1-3-30(18-7-5-4-6-8-18)34(32,33)19-11-12-21(24)20(14-19)23(31)26-17-10-9-16(2)22(13-17)29-15-25-27-28-29/h4-15H,3H2,1-2H3,(H,26,31). The summed E-state index contributed by atoms with van der Waals surface area (Å²) in [6.07, 6.45) is 1.45. The van der Waals surface area contributed by atoms with Crippen LogP contribution in [0.25, 0.3) is 5.69 Å². The molecule has 0 fully saturated rings. The SMILES string of the molecule is CCN(c1ccccc1)S(=O)(=O)c1ccc(Cl)c(C(=O)Nc2ccc(C)c(-n3cnnn3)c2)c1. The predicted octanol–water partition coefficient (Wildman–Crippen LogP) is 4.09. The van der Waals surface area contributed by atoms with Crippen molar-refractivity contribution < 1.29 is 13.2 Å². The Morgan fingerprint density at radius 1 is 1.09 bits per heavy atom. The fourth-order valence-corrected chi connectivity index (χ4v) is 5.16. The molecule has 0 bridgehead atoms. The zero-order valence-corrected chi connectivity index (χ0v) is 20.0. The quantitative estimate of drug-likeness (QED) is 0.412. The van der Waals surface area contributed by atoms with E-state index in [9.17, 15) is 13.2 Å². The van der Waals surface area contributed by atoms with E-state index in [4.69, 9.17) is 11.6 Å². The van der Waals surface area contributed by atoms with Gasteiger partial charge in [0.1, 0.15) is 6.33 Å². The number of aromatic nitrogens is 4. The number of hydrogen-bond acceptors (Lipinski definition) is 6. The Balaban J connectivity index is 1.65. The van der Waals surface area contributed by atoms with E-state index in [2.05, 4.69) is 20.8 Å². The maximum absolute atomic E-state index is 13.4. The van der Waals surface area contributed by atoms with Crippen molar-refractivity contribution in [2.24, 2.45) is 0 Å². The summed E-state index contributed by atoms with van der Waals surface area (Å²) in [4.78, 5) is 13.0. The fraction of sp³-hybridized carbons (Fsp3) is 0.130. The van der Waals surface area contributed by atoms with E-state index in [0.717, 1.165) is 5.56 Å². The van der Waals surface area contributed by atoms with Crippen molar-refractivity contribution in [1.29, 1.82) is 0 Å². The molecule has 4 aromatic rings. The Morgan fingerprint density at radius 3 is 2.53 bits per heavy atom. The van der Waals surface area contributed by atoms with Gasteiger partial charge in [0.05, 0.1) is 26.9 Å². The van der Waals surface area contributed by atoms with Crippen LogP contribution >= 0.6 is 11.6 Å². The molecule has 0 atom stereocenters. The molecule has 0 aliphatic rings. The summed E-state index contributed by atoms with van der Waals surface area (Å²) in [6.45, 7) is 3.85. The number of halogens is 1. The van der Waals surface area contributed by atoms with Crippen molar-refractivity contribution in [3.63, 3.8) is 0 Å². The van der Waals surface area contributed by atoms with Gasteiger partial charge in [0.25, 0.3) is 15.9 Å². The van der Waals surface area contributed by atoms with E-state index in [1.54, 1.807) is 43.3 Å². The number of para-hydroxylation sites is 1. The minimum atomic E-state index is -3.92. The highest BCUT2D eigenvalue weighted by atomic mass is 35.5. The summed E-state index contributed by atoms with van der Waals surface area (Å²) in [5, 5.41) is 14.0. The molecule has 0 aliphatic heterocycles. The Bertz CT molecular complexity index is 1430. The molecule has 0 aliphatic carbocycles. The van der Waals surface area contributed by atoms with E-state index in [1.165, 1.54) is 33.5 Å². The summed E-state index contributed by atoms with van der Waals surface area (Å²) in [5.74, 6) is -0.545. The third kappa shape index (κ3) is 4.63. The third-order valence-electron chi connectivity index (χ3n) is 5.16. The second-order valence-corrected chi connectivity index (χ2v) is 9.63. The van der Waals surface area contributed by atoms with E-state index >= 15 is 0 Å². The first-order chi connectivity index (χ1) is 16.3. The Hall–Kier alpha value is -3.76. The molecule has 1 aromatic heterocycles. The first kappa shape index (κ1) is 23.4. The molecule has 174 valence electrons. The van der Waals surface area contributed by atoms with Crippen LogP contribution in [0.5, 0.6) is 0 Å². The number of carbonyl (C=O) groups excluding carboxylic acids is 1. The molecule has 9 nitrogen and oxygen atoms in total. The van der Waals surface area contributed by atoms with Crippen molar-refractivity contribution in [1.82, 2.24) is 20.2 Å². The van der Waals surface area contributed by atoms with Crippen molar-refractivity contribution in [2.45, 2.75) is 18.7 Å². The van der Waals surface area contributed by atoms with Gasteiger partial charge in [-0.2, -0.15) is 0 Å². The van der Waals surface area contributed by atoms with Crippen molar-refractivity contribution >= 4 is 38.9 Å². The number of nitrogens with zero attached hydrogens (tertiary/aromatic N) is 5. The molecule has 11 heteroatoms. The first-order valence-corrected chi connectivity index (χ1v) is 12.2. The smallest absolute Gasteiger partial charge is 0.264 e. The second kappa shape index (κ2) is 9.62. The number of rotatable bonds is 7. The van der Waals surface area contributed by atoms with Gasteiger partial charge in [-0.05, 0) is 72.3 Å². The zero-order valence-electron chi connectivity index (χ0n) is 18.4. The minimum Gasteiger partial charge on any atom is -0.322 e. The number of benzene rings is 3. The summed E-state index contributed by atoms with van der Waals surface area (Å²) in [7, 11) is -3.92. The molecule has 0 saturated heterocycles. The molecule has 3 aromatic carbocycles. The largest absolute Gasteiger partial charge is 0.322 e. The average molecular weight is 497 g/mol. The Kier molecular flexibility index (Phi) is 6.62. The van der Waals surface area contributed by atoms with Crippen LogP contribution < -0.4 is 9.62 Å². The van der Waals surface area contributed by atoms with Crippen LogP contribution in [-0.2, 0) is 10.0 Å². The normalized spacial score (nSPS) is 11.3. The zero-order chi connectivity index (χ0) is 24.3. The van der Waals surface area contributed by atoms with E-state index in [0.29, 0.717) is 17.1 Å². The summed E-state index contributed by atoms with van der Waals surface area (Å²) < 4.78 is 29.5. The number of amides is 1. The number of hydrogen-bond donors (Lipinski definition) is 1. The highest BCUT2D eigenvalue weighted by Crippen LogP contribution is 2.27. The number of anilines is 2. The molecular weight excluding hydrogens is 476 g/mol. The highest BCUT2D eigenvalue weighted by molar-refractivity contribution is 7.92. The van der Waals surface area contributed by atoms with Crippen LogP contribution in [0.15, 0.2) is 78.0 Å². The van der Waals surface area contributed by atoms with Crippen LogP contribution in [-0.4, -0.2) is 41.1 Å². The van der Waals surface area contributed by atoms with Gasteiger partial charge in [-0.25, -0.2) is 13.1 Å². The molecule has 0 saturated carbocycles. The Labute approximate surface area is 202 Å². The third-order valence-corrected chi connectivity index (χ3v) is 7.39. The number of nitrogens with one attached hydrogen (secondary N) is 1. The van der Waals surface area contributed by atoms with Gasteiger partial charge in [0, 0.05) is 12.2 Å². The lowest BCUT2D eigenvalue weighted by Crippen LogP contribution is -2.31. The molecule has 0 radical (unpaired) electrons. The van der Waals surface area contributed by atoms with Gasteiger partial charge in [0.15, 0.2) is 0 Å².